The van der Waals surface area contributed by atoms with E-state index in [-0.39, 0.29) is 58.2 Å². The zero-order chi connectivity index (χ0) is 14.0. The van der Waals surface area contributed by atoms with E-state index in [9.17, 15) is 19.8 Å². The summed E-state index contributed by atoms with van der Waals surface area (Å²) < 4.78 is 0. The Labute approximate surface area is 156 Å². The summed E-state index contributed by atoms with van der Waals surface area (Å²) in [5.41, 5.74) is -2.01. The molecule has 0 spiro atoms. The van der Waals surface area contributed by atoms with E-state index in [2.05, 4.69) is 0 Å². The predicted molar refractivity (Wildman–Crippen MR) is 75.3 cm³/mol. The topological polar surface area (TPSA) is 74.6 Å². The van der Waals surface area contributed by atoms with Gasteiger partial charge in [-0.05, 0) is 17.4 Å². The molecule has 102 valence electrons. The largest absolute Gasteiger partial charge is 2.00 e. The Hall–Kier alpha value is -0.269. The molecule has 0 atom stereocenters. The van der Waals surface area contributed by atoms with Crippen LogP contribution < -0.4 is 0 Å². The Morgan fingerprint density at radius 3 is 1.79 bits per heavy atom. The Bertz CT molecular complexity index is 444. The van der Waals surface area contributed by atoms with Gasteiger partial charge in [-0.25, -0.2) is 0 Å². The van der Waals surface area contributed by atoms with Crippen LogP contribution in [0.15, 0.2) is 30.3 Å². The average Bonchev–Trinajstić information content (AvgIpc) is 2.24. The number of hydrogen-bond acceptors (Lipinski definition) is 2. The number of rotatable bonds is 4. The van der Waals surface area contributed by atoms with Gasteiger partial charge in [0.05, 0.1) is 0 Å². The number of carbonyl (C=O) groups is 2. The van der Waals surface area contributed by atoms with E-state index in [0.29, 0.717) is 5.56 Å². The smallest absolute Gasteiger partial charge is 1.00 e. The molecule has 0 saturated heterocycles. The third kappa shape index (κ3) is 3.86. The van der Waals surface area contributed by atoms with E-state index >= 15 is 0 Å². The van der Waals surface area contributed by atoms with Gasteiger partial charge in [0.2, 0.25) is 0 Å². The van der Waals surface area contributed by atoms with Crippen LogP contribution in [-0.4, -0.2) is 71.0 Å². The van der Waals surface area contributed by atoms with Crippen molar-refractivity contribution in [2.45, 2.75) is 27.2 Å². The SMILES string of the molecule is CC(C)(C)C(Cc1ccccc1)(C(=O)O)C(=O)O.[Ba+2].[H-].[H-]. The van der Waals surface area contributed by atoms with Crippen molar-refractivity contribution in [3.63, 3.8) is 0 Å². The molecule has 1 aromatic rings. The first-order valence-electron chi connectivity index (χ1n) is 5.72. The van der Waals surface area contributed by atoms with E-state index in [1.54, 1.807) is 45.0 Å². The van der Waals surface area contributed by atoms with E-state index < -0.39 is 22.8 Å². The first kappa shape index (κ1) is 18.7. The molecule has 5 heteroatoms. The quantitative estimate of drug-likeness (QED) is 0.612. The van der Waals surface area contributed by atoms with Crippen LogP contribution in [-0.2, 0) is 16.0 Å². The van der Waals surface area contributed by atoms with E-state index in [1.165, 1.54) is 0 Å². The maximum Gasteiger partial charge on any atom is 2.00 e. The average molecular weight is 390 g/mol. The molecule has 1 rings (SSSR count). The van der Waals surface area contributed by atoms with Gasteiger partial charge in [0.1, 0.15) is 0 Å². The molecule has 0 radical (unpaired) electrons. The first-order valence-corrected chi connectivity index (χ1v) is 5.72. The summed E-state index contributed by atoms with van der Waals surface area (Å²) in [7, 11) is 0. The molecular formula is C14H20BaO4. The fourth-order valence-electron chi connectivity index (χ4n) is 2.05. The van der Waals surface area contributed by atoms with Gasteiger partial charge in [-0.3, -0.25) is 9.59 Å². The monoisotopic (exact) mass is 390 g/mol. The van der Waals surface area contributed by atoms with Crippen molar-refractivity contribution in [3.8, 4) is 0 Å². The summed E-state index contributed by atoms with van der Waals surface area (Å²) in [6.45, 7) is 4.91. The second-order valence-corrected chi connectivity index (χ2v) is 5.43. The van der Waals surface area contributed by atoms with Crippen LogP contribution in [0.25, 0.3) is 0 Å². The molecule has 0 aliphatic heterocycles. The van der Waals surface area contributed by atoms with Gasteiger partial charge in [-0.1, -0.05) is 51.1 Å². The first-order chi connectivity index (χ1) is 8.22. The molecule has 0 amide bonds. The summed E-state index contributed by atoms with van der Waals surface area (Å²) in [5, 5.41) is 18.8. The summed E-state index contributed by atoms with van der Waals surface area (Å²) in [6, 6.07) is 8.83. The summed E-state index contributed by atoms with van der Waals surface area (Å²) in [4.78, 5) is 23.1. The molecule has 2 N–H and O–H groups in total. The Morgan fingerprint density at radius 2 is 1.47 bits per heavy atom. The van der Waals surface area contributed by atoms with Gasteiger partial charge < -0.3 is 13.1 Å². The second-order valence-electron chi connectivity index (χ2n) is 5.43. The molecule has 0 aliphatic rings. The van der Waals surface area contributed by atoms with Crippen LogP contribution in [0.1, 0.15) is 29.2 Å². The van der Waals surface area contributed by atoms with Crippen LogP contribution in [0.2, 0.25) is 0 Å². The van der Waals surface area contributed by atoms with Gasteiger partial charge in [-0.15, -0.1) is 0 Å². The molecule has 0 unspecified atom stereocenters. The maximum atomic E-state index is 11.5. The van der Waals surface area contributed by atoms with Gasteiger partial charge in [0.25, 0.3) is 0 Å². The third-order valence-electron chi connectivity index (χ3n) is 3.32. The van der Waals surface area contributed by atoms with Crippen LogP contribution >= 0.6 is 0 Å². The van der Waals surface area contributed by atoms with Crippen molar-refractivity contribution < 1.29 is 22.7 Å². The third-order valence-corrected chi connectivity index (χ3v) is 3.32. The Morgan fingerprint density at radius 1 is 1.05 bits per heavy atom. The van der Waals surface area contributed by atoms with Crippen molar-refractivity contribution in [1.29, 1.82) is 0 Å². The molecule has 19 heavy (non-hydrogen) atoms. The summed E-state index contributed by atoms with van der Waals surface area (Å²) in [5.74, 6) is -2.60. The number of carboxylic acid groups (broad SMARTS) is 2. The number of aliphatic carboxylic acids is 2. The Balaban J connectivity index is -0.00000108. The minimum Gasteiger partial charge on any atom is -1.00 e. The molecule has 0 heterocycles. The standard InChI is InChI=1S/C14H18O4.Ba.2H/c1-13(2,3)14(11(15)16,12(17)18)9-10-7-5-4-6-8-10;;;/h4-8H,9H2,1-3H3,(H,15,16)(H,17,18);;;/q;+2;2*-1. The van der Waals surface area contributed by atoms with E-state index in [0.717, 1.165) is 0 Å². The maximum absolute atomic E-state index is 11.5. The van der Waals surface area contributed by atoms with Crippen molar-refractivity contribution in [3.05, 3.63) is 35.9 Å². The van der Waals surface area contributed by atoms with Crippen LogP contribution in [0.5, 0.6) is 0 Å². The molecule has 4 nitrogen and oxygen atoms in total. The zero-order valence-electron chi connectivity index (χ0n) is 13.5. The normalized spacial score (nSPS) is 11.5. The molecule has 1 aromatic carbocycles. The molecule has 0 aromatic heterocycles. The van der Waals surface area contributed by atoms with Crippen molar-refractivity contribution >= 4 is 60.8 Å². The zero-order valence-corrected chi connectivity index (χ0v) is 16.0. The van der Waals surface area contributed by atoms with Crippen molar-refractivity contribution in [1.82, 2.24) is 0 Å². The summed E-state index contributed by atoms with van der Waals surface area (Å²) >= 11 is 0. The van der Waals surface area contributed by atoms with E-state index in [4.69, 9.17) is 0 Å². The van der Waals surface area contributed by atoms with Crippen LogP contribution in [0, 0.1) is 10.8 Å². The fraction of sp³-hybridized carbons (Fsp3) is 0.429. The van der Waals surface area contributed by atoms with Gasteiger partial charge in [-0.2, -0.15) is 0 Å². The van der Waals surface area contributed by atoms with E-state index in [1.807, 2.05) is 6.07 Å². The predicted octanol–water partition coefficient (Wildman–Crippen LogP) is 2.27. The second kappa shape index (κ2) is 6.95. The van der Waals surface area contributed by atoms with Crippen molar-refractivity contribution in [2.75, 3.05) is 0 Å². The molecular weight excluding hydrogens is 369 g/mol. The van der Waals surface area contributed by atoms with Crippen molar-refractivity contribution in [2.24, 2.45) is 10.8 Å². The van der Waals surface area contributed by atoms with Gasteiger partial charge in [0, 0.05) is 0 Å². The molecule has 0 fully saturated rings. The minimum atomic E-state index is -1.83. The molecule has 0 saturated carbocycles. The van der Waals surface area contributed by atoms with Crippen LogP contribution in [0.3, 0.4) is 0 Å². The van der Waals surface area contributed by atoms with Gasteiger partial charge in [0.15, 0.2) is 5.41 Å². The number of hydrogen-bond donors (Lipinski definition) is 2. The summed E-state index contributed by atoms with van der Waals surface area (Å²) in [6.07, 6.45) is -0.0258. The molecule has 0 bridgehead atoms. The minimum absolute atomic E-state index is 0. The van der Waals surface area contributed by atoms with Gasteiger partial charge >= 0.3 is 60.8 Å². The number of benzene rings is 1. The Kier molecular flexibility index (Phi) is 6.85. The van der Waals surface area contributed by atoms with Crippen LogP contribution in [0.4, 0.5) is 0 Å². The molecule has 0 aliphatic carbocycles. The number of carboxylic acids is 2. The fourth-order valence-corrected chi connectivity index (χ4v) is 2.05.